The lowest BCUT2D eigenvalue weighted by molar-refractivity contribution is 0.0948. The highest BCUT2D eigenvalue weighted by molar-refractivity contribution is 5.94. The monoisotopic (exact) mass is 249 g/mol. The molecule has 4 nitrogen and oxygen atoms in total. The SMILES string of the molecule is CC(C)N(C)CCNC(=O)c1cccc(CN)c1. The van der Waals surface area contributed by atoms with E-state index in [-0.39, 0.29) is 5.91 Å². The van der Waals surface area contributed by atoms with Gasteiger partial charge in [-0.05, 0) is 38.6 Å². The van der Waals surface area contributed by atoms with Crippen molar-refractivity contribution in [3.63, 3.8) is 0 Å². The lowest BCUT2D eigenvalue weighted by atomic mass is 10.1. The van der Waals surface area contributed by atoms with E-state index < -0.39 is 0 Å². The summed E-state index contributed by atoms with van der Waals surface area (Å²) in [4.78, 5) is 14.1. The van der Waals surface area contributed by atoms with Crippen LogP contribution in [0.4, 0.5) is 0 Å². The molecule has 0 aliphatic rings. The maximum absolute atomic E-state index is 11.9. The molecule has 18 heavy (non-hydrogen) atoms. The summed E-state index contributed by atoms with van der Waals surface area (Å²) in [5, 5.41) is 2.91. The fraction of sp³-hybridized carbons (Fsp3) is 0.500. The summed E-state index contributed by atoms with van der Waals surface area (Å²) in [5.41, 5.74) is 7.20. The van der Waals surface area contributed by atoms with Crippen LogP contribution < -0.4 is 11.1 Å². The minimum atomic E-state index is -0.0394. The van der Waals surface area contributed by atoms with E-state index in [0.717, 1.165) is 12.1 Å². The summed E-state index contributed by atoms with van der Waals surface area (Å²) in [6.45, 7) is 6.22. The van der Waals surface area contributed by atoms with E-state index in [1.165, 1.54) is 0 Å². The van der Waals surface area contributed by atoms with Gasteiger partial charge in [-0.15, -0.1) is 0 Å². The maximum atomic E-state index is 11.9. The zero-order valence-electron chi connectivity index (χ0n) is 11.4. The molecular formula is C14H23N3O. The molecule has 0 atom stereocenters. The van der Waals surface area contributed by atoms with E-state index >= 15 is 0 Å². The summed E-state index contributed by atoms with van der Waals surface area (Å²) in [6.07, 6.45) is 0. The molecular weight excluding hydrogens is 226 g/mol. The second-order valence-corrected chi connectivity index (χ2v) is 4.73. The molecule has 0 saturated carbocycles. The number of amides is 1. The fourth-order valence-corrected chi connectivity index (χ4v) is 1.55. The van der Waals surface area contributed by atoms with Crippen LogP contribution in [0.15, 0.2) is 24.3 Å². The molecule has 0 unspecified atom stereocenters. The van der Waals surface area contributed by atoms with Crippen LogP contribution in [0.2, 0.25) is 0 Å². The van der Waals surface area contributed by atoms with Gasteiger partial charge in [-0.2, -0.15) is 0 Å². The first-order valence-corrected chi connectivity index (χ1v) is 6.32. The number of nitrogens with two attached hydrogens (primary N) is 1. The molecule has 0 aliphatic heterocycles. The smallest absolute Gasteiger partial charge is 0.251 e. The van der Waals surface area contributed by atoms with Gasteiger partial charge < -0.3 is 16.0 Å². The van der Waals surface area contributed by atoms with Crippen molar-refractivity contribution < 1.29 is 4.79 Å². The van der Waals surface area contributed by atoms with E-state index in [1.54, 1.807) is 6.07 Å². The minimum absolute atomic E-state index is 0.0394. The Bertz CT molecular complexity index is 390. The number of likely N-dealkylation sites (N-methyl/N-ethyl adjacent to an activating group) is 1. The number of rotatable bonds is 6. The average molecular weight is 249 g/mol. The molecule has 0 bridgehead atoms. The van der Waals surface area contributed by atoms with Crippen molar-refractivity contribution >= 4 is 5.91 Å². The van der Waals surface area contributed by atoms with Crippen LogP contribution in [-0.2, 0) is 6.54 Å². The first kappa shape index (κ1) is 14.7. The maximum Gasteiger partial charge on any atom is 0.251 e. The second kappa shape index (κ2) is 7.13. The Morgan fingerprint density at radius 1 is 1.44 bits per heavy atom. The predicted molar refractivity (Wildman–Crippen MR) is 74.4 cm³/mol. The summed E-state index contributed by atoms with van der Waals surface area (Å²) in [5.74, 6) is -0.0394. The molecule has 0 radical (unpaired) electrons. The Balaban J connectivity index is 2.45. The van der Waals surface area contributed by atoms with E-state index in [2.05, 4.69) is 24.1 Å². The molecule has 4 heteroatoms. The number of benzene rings is 1. The topological polar surface area (TPSA) is 58.4 Å². The highest BCUT2D eigenvalue weighted by Gasteiger charge is 2.07. The molecule has 1 aromatic carbocycles. The van der Waals surface area contributed by atoms with Crippen LogP contribution >= 0.6 is 0 Å². The van der Waals surface area contributed by atoms with E-state index in [4.69, 9.17) is 5.73 Å². The number of hydrogen-bond acceptors (Lipinski definition) is 3. The standard InChI is InChI=1S/C14H23N3O/c1-11(2)17(3)8-7-16-14(18)13-6-4-5-12(9-13)10-15/h4-6,9,11H,7-8,10,15H2,1-3H3,(H,16,18). The van der Waals surface area contributed by atoms with Gasteiger partial charge in [0.2, 0.25) is 0 Å². The number of nitrogens with zero attached hydrogens (tertiary/aromatic N) is 1. The van der Waals surface area contributed by atoms with Crippen molar-refractivity contribution in [2.45, 2.75) is 26.4 Å². The predicted octanol–water partition coefficient (Wildman–Crippen LogP) is 1.22. The van der Waals surface area contributed by atoms with E-state index in [0.29, 0.717) is 24.7 Å². The second-order valence-electron chi connectivity index (χ2n) is 4.73. The van der Waals surface area contributed by atoms with Gasteiger partial charge in [-0.25, -0.2) is 0 Å². The van der Waals surface area contributed by atoms with Crippen LogP contribution in [-0.4, -0.2) is 37.0 Å². The third-order valence-corrected chi connectivity index (χ3v) is 3.06. The Labute approximate surface area is 109 Å². The van der Waals surface area contributed by atoms with Crippen LogP contribution in [0.25, 0.3) is 0 Å². The average Bonchev–Trinajstić information content (AvgIpc) is 2.38. The van der Waals surface area contributed by atoms with Gasteiger partial charge in [-0.3, -0.25) is 4.79 Å². The Hall–Kier alpha value is -1.39. The Morgan fingerprint density at radius 2 is 2.17 bits per heavy atom. The van der Waals surface area contributed by atoms with Gasteiger partial charge in [0.1, 0.15) is 0 Å². The summed E-state index contributed by atoms with van der Waals surface area (Å²) in [7, 11) is 2.05. The first-order valence-electron chi connectivity index (χ1n) is 6.32. The quantitative estimate of drug-likeness (QED) is 0.797. The third-order valence-electron chi connectivity index (χ3n) is 3.06. The van der Waals surface area contributed by atoms with Gasteiger partial charge in [0, 0.05) is 31.2 Å². The van der Waals surface area contributed by atoms with Crippen molar-refractivity contribution in [3.8, 4) is 0 Å². The molecule has 0 spiro atoms. The Morgan fingerprint density at radius 3 is 2.78 bits per heavy atom. The molecule has 0 saturated heterocycles. The van der Waals surface area contributed by atoms with Crippen LogP contribution in [0.1, 0.15) is 29.8 Å². The normalized spacial score (nSPS) is 11.0. The van der Waals surface area contributed by atoms with Gasteiger partial charge in [0.05, 0.1) is 0 Å². The highest BCUT2D eigenvalue weighted by atomic mass is 16.1. The lowest BCUT2D eigenvalue weighted by Gasteiger charge is -2.20. The summed E-state index contributed by atoms with van der Waals surface area (Å²) >= 11 is 0. The highest BCUT2D eigenvalue weighted by Crippen LogP contribution is 2.04. The van der Waals surface area contributed by atoms with Crippen LogP contribution in [0.5, 0.6) is 0 Å². The van der Waals surface area contributed by atoms with Gasteiger partial charge in [0.15, 0.2) is 0 Å². The molecule has 3 N–H and O–H groups in total. The molecule has 100 valence electrons. The van der Waals surface area contributed by atoms with E-state index in [9.17, 15) is 4.79 Å². The van der Waals surface area contributed by atoms with Gasteiger partial charge in [0.25, 0.3) is 5.91 Å². The fourth-order valence-electron chi connectivity index (χ4n) is 1.55. The molecule has 1 aromatic rings. The molecule has 1 rings (SSSR count). The number of nitrogens with one attached hydrogen (secondary N) is 1. The zero-order valence-corrected chi connectivity index (χ0v) is 11.4. The van der Waals surface area contributed by atoms with Crippen molar-refractivity contribution in [1.82, 2.24) is 10.2 Å². The molecule has 0 aromatic heterocycles. The number of carbonyl (C=O) groups is 1. The van der Waals surface area contributed by atoms with Crippen LogP contribution in [0, 0.1) is 0 Å². The van der Waals surface area contributed by atoms with Crippen molar-refractivity contribution in [3.05, 3.63) is 35.4 Å². The van der Waals surface area contributed by atoms with Crippen molar-refractivity contribution in [2.24, 2.45) is 5.73 Å². The molecule has 1 amide bonds. The third kappa shape index (κ3) is 4.47. The van der Waals surface area contributed by atoms with Crippen LogP contribution in [0.3, 0.4) is 0 Å². The first-order chi connectivity index (χ1) is 8.54. The van der Waals surface area contributed by atoms with Crippen molar-refractivity contribution in [1.29, 1.82) is 0 Å². The van der Waals surface area contributed by atoms with Crippen molar-refractivity contribution in [2.75, 3.05) is 20.1 Å². The Kier molecular flexibility index (Phi) is 5.82. The van der Waals surface area contributed by atoms with Gasteiger partial charge >= 0.3 is 0 Å². The largest absolute Gasteiger partial charge is 0.351 e. The lowest BCUT2D eigenvalue weighted by Crippen LogP contribution is -2.36. The molecule has 0 heterocycles. The molecule has 0 aliphatic carbocycles. The van der Waals surface area contributed by atoms with Gasteiger partial charge in [-0.1, -0.05) is 12.1 Å². The number of carbonyl (C=O) groups excluding carboxylic acids is 1. The number of hydrogen-bond donors (Lipinski definition) is 2. The summed E-state index contributed by atoms with van der Waals surface area (Å²) in [6, 6.07) is 7.91. The van der Waals surface area contributed by atoms with E-state index in [1.807, 2.05) is 25.2 Å². The zero-order chi connectivity index (χ0) is 13.5. The molecule has 0 fully saturated rings. The summed E-state index contributed by atoms with van der Waals surface area (Å²) < 4.78 is 0. The minimum Gasteiger partial charge on any atom is -0.351 e.